The molecule has 1 aromatic carbocycles. The molecule has 0 aliphatic carbocycles. The standard InChI is InChI=1S/C13H18N2O3S/c1-10(2)12(9-19(15,16)17)8-18-13-5-3-11(7-14)4-6-13/h3-6,10,12H,8-9H2,1-2H3,(H2,15,16,17). The van der Waals surface area contributed by atoms with Gasteiger partial charge in [0.15, 0.2) is 0 Å². The molecule has 0 amide bonds. The van der Waals surface area contributed by atoms with E-state index in [1.165, 1.54) is 0 Å². The lowest BCUT2D eigenvalue weighted by atomic mass is 9.99. The van der Waals surface area contributed by atoms with Crippen molar-refractivity contribution in [3.8, 4) is 11.8 Å². The zero-order valence-electron chi connectivity index (χ0n) is 11.0. The van der Waals surface area contributed by atoms with Crippen LogP contribution in [-0.2, 0) is 10.0 Å². The van der Waals surface area contributed by atoms with Crippen LogP contribution in [0.5, 0.6) is 5.75 Å². The SMILES string of the molecule is CC(C)C(COc1ccc(C#N)cc1)CS(N)(=O)=O. The number of rotatable bonds is 6. The van der Waals surface area contributed by atoms with Crippen molar-refractivity contribution >= 4 is 10.0 Å². The Morgan fingerprint density at radius 1 is 1.32 bits per heavy atom. The van der Waals surface area contributed by atoms with Gasteiger partial charge < -0.3 is 4.74 Å². The summed E-state index contributed by atoms with van der Waals surface area (Å²) in [5.74, 6) is 0.502. The number of ether oxygens (including phenoxy) is 1. The van der Waals surface area contributed by atoms with Gasteiger partial charge in [-0.25, -0.2) is 13.6 Å². The number of nitriles is 1. The van der Waals surface area contributed by atoms with Gasteiger partial charge in [-0.1, -0.05) is 13.8 Å². The lowest BCUT2D eigenvalue weighted by Crippen LogP contribution is -2.30. The van der Waals surface area contributed by atoms with Crippen LogP contribution in [0.15, 0.2) is 24.3 Å². The van der Waals surface area contributed by atoms with Crippen molar-refractivity contribution in [2.75, 3.05) is 12.4 Å². The summed E-state index contributed by atoms with van der Waals surface area (Å²) in [7, 11) is -3.51. The highest BCUT2D eigenvalue weighted by molar-refractivity contribution is 7.89. The molecule has 19 heavy (non-hydrogen) atoms. The predicted molar refractivity (Wildman–Crippen MR) is 73.0 cm³/mol. The highest BCUT2D eigenvalue weighted by Gasteiger charge is 2.20. The zero-order valence-corrected chi connectivity index (χ0v) is 11.9. The molecule has 0 saturated carbocycles. The van der Waals surface area contributed by atoms with E-state index in [2.05, 4.69) is 0 Å². The third-order valence-corrected chi connectivity index (χ3v) is 3.73. The van der Waals surface area contributed by atoms with Gasteiger partial charge in [-0.2, -0.15) is 5.26 Å². The summed E-state index contributed by atoms with van der Waals surface area (Å²) < 4.78 is 27.8. The highest BCUT2D eigenvalue weighted by Crippen LogP contribution is 2.17. The summed E-state index contributed by atoms with van der Waals surface area (Å²) in [5, 5.41) is 13.7. The van der Waals surface area contributed by atoms with Crippen LogP contribution in [0.4, 0.5) is 0 Å². The Kier molecular flexibility index (Phi) is 5.33. The minimum atomic E-state index is -3.51. The topological polar surface area (TPSA) is 93.2 Å². The summed E-state index contributed by atoms with van der Waals surface area (Å²) in [4.78, 5) is 0. The maximum Gasteiger partial charge on any atom is 0.209 e. The Balaban J connectivity index is 2.63. The van der Waals surface area contributed by atoms with Crippen molar-refractivity contribution < 1.29 is 13.2 Å². The predicted octanol–water partition coefficient (Wildman–Crippen LogP) is 1.50. The van der Waals surface area contributed by atoms with Gasteiger partial charge >= 0.3 is 0 Å². The summed E-state index contributed by atoms with van der Waals surface area (Å²) in [6, 6.07) is 8.70. The Labute approximate surface area is 114 Å². The maximum atomic E-state index is 11.1. The van der Waals surface area contributed by atoms with E-state index < -0.39 is 10.0 Å². The van der Waals surface area contributed by atoms with Crippen molar-refractivity contribution in [1.29, 1.82) is 5.26 Å². The molecule has 0 heterocycles. The summed E-state index contributed by atoms with van der Waals surface area (Å²) in [6.45, 7) is 4.13. The molecular formula is C13H18N2O3S. The molecule has 1 atom stereocenters. The van der Waals surface area contributed by atoms with Crippen molar-refractivity contribution in [3.63, 3.8) is 0 Å². The monoisotopic (exact) mass is 282 g/mol. The van der Waals surface area contributed by atoms with E-state index >= 15 is 0 Å². The first-order chi connectivity index (χ1) is 8.81. The smallest absolute Gasteiger partial charge is 0.209 e. The van der Waals surface area contributed by atoms with Crippen LogP contribution in [0.2, 0.25) is 0 Å². The van der Waals surface area contributed by atoms with Gasteiger partial charge in [0.25, 0.3) is 0 Å². The van der Waals surface area contributed by atoms with Crippen molar-refractivity contribution in [1.82, 2.24) is 0 Å². The molecular weight excluding hydrogens is 264 g/mol. The van der Waals surface area contributed by atoms with Gasteiger partial charge in [-0.15, -0.1) is 0 Å². The third-order valence-electron chi connectivity index (χ3n) is 2.84. The molecule has 0 aromatic heterocycles. The summed E-state index contributed by atoms with van der Waals surface area (Å²) in [6.07, 6.45) is 0. The Morgan fingerprint density at radius 3 is 2.32 bits per heavy atom. The van der Waals surface area contributed by atoms with E-state index in [1.807, 2.05) is 19.9 Å². The molecule has 0 aliphatic rings. The maximum absolute atomic E-state index is 11.1. The van der Waals surface area contributed by atoms with Gasteiger partial charge in [0, 0.05) is 5.92 Å². The minimum Gasteiger partial charge on any atom is -0.493 e. The average Bonchev–Trinajstić information content (AvgIpc) is 2.33. The Bertz CT molecular complexity index is 544. The van der Waals surface area contributed by atoms with Gasteiger partial charge in [-0.3, -0.25) is 0 Å². The van der Waals surface area contributed by atoms with Crippen LogP contribution in [0.1, 0.15) is 19.4 Å². The number of hydrogen-bond donors (Lipinski definition) is 1. The summed E-state index contributed by atoms with van der Waals surface area (Å²) >= 11 is 0. The summed E-state index contributed by atoms with van der Waals surface area (Å²) in [5.41, 5.74) is 0.553. The molecule has 1 rings (SSSR count). The molecule has 6 heteroatoms. The van der Waals surface area contributed by atoms with Gasteiger partial charge in [0.1, 0.15) is 5.75 Å². The van der Waals surface area contributed by atoms with Crippen LogP contribution >= 0.6 is 0 Å². The molecule has 0 aliphatic heterocycles. The van der Waals surface area contributed by atoms with E-state index in [1.54, 1.807) is 24.3 Å². The molecule has 0 bridgehead atoms. The average molecular weight is 282 g/mol. The number of nitrogens with two attached hydrogens (primary N) is 1. The fourth-order valence-corrected chi connectivity index (χ4v) is 2.64. The zero-order chi connectivity index (χ0) is 14.5. The first-order valence-corrected chi connectivity index (χ1v) is 7.67. The first-order valence-electron chi connectivity index (χ1n) is 5.95. The van der Waals surface area contributed by atoms with Crippen LogP contribution in [0.25, 0.3) is 0 Å². The fourth-order valence-electron chi connectivity index (χ4n) is 1.56. The van der Waals surface area contributed by atoms with E-state index in [9.17, 15) is 8.42 Å². The number of nitrogens with zero attached hydrogens (tertiary/aromatic N) is 1. The molecule has 0 spiro atoms. The largest absolute Gasteiger partial charge is 0.493 e. The molecule has 1 unspecified atom stereocenters. The molecule has 2 N–H and O–H groups in total. The lowest BCUT2D eigenvalue weighted by molar-refractivity contribution is 0.225. The van der Waals surface area contributed by atoms with Crippen LogP contribution in [0.3, 0.4) is 0 Å². The Morgan fingerprint density at radius 2 is 1.89 bits per heavy atom. The Hall–Kier alpha value is -1.58. The van der Waals surface area contributed by atoms with Crippen LogP contribution in [0, 0.1) is 23.2 Å². The molecule has 0 radical (unpaired) electrons. The molecule has 1 aromatic rings. The minimum absolute atomic E-state index is 0.0963. The molecule has 0 saturated heterocycles. The number of hydrogen-bond acceptors (Lipinski definition) is 4. The second-order valence-corrected chi connectivity index (χ2v) is 6.44. The van der Waals surface area contributed by atoms with Crippen molar-refractivity contribution in [3.05, 3.63) is 29.8 Å². The van der Waals surface area contributed by atoms with Crippen LogP contribution in [-0.4, -0.2) is 20.8 Å². The number of benzene rings is 1. The van der Waals surface area contributed by atoms with E-state index in [-0.39, 0.29) is 24.2 Å². The van der Waals surface area contributed by atoms with Gasteiger partial charge in [0.2, 0.25) is 10.0 Å². The highest BCUT2D eigenvalue weighted by atomic mass is 32.2. The number of sulfonamides is 1. The first kappa shape index (κ1) is 15.5. The van der Waals surface area contributed by atoms with Crippen molar-refractivity contribution in [2.24, 2.45) is 17.0 Å². The van der Waals surface area contributed by atoms with E-state index in [0.717, 1.165) is 0 Å². The van der Waals surface area contributed by atoms with E-state index in [0.29, 0.717) is 11.3 Å². The van der Waals surface area contributed by atoms with Gasteiger partial charge in [0.05, 0.1) is 24.0 Å². The van der Waals surface area contributed by atoms with Crippen LogP contribution < -0.4 is 9.88 Å². The van der Waals surface area contributed by atoms with E-state index in [4.69, 9.17) is 15.1 Å². The second kappa shape index (κ2) is 6.55. The quantitative estimate of drug-likeness (QED) is 0.855. The second-order valence-electron chi connectivity index (χ2n) is 4.78. The normalized spacial score (nSPS) is 13.0. The number of primary sulfonamides is 1. The molecule has 5 nitrogen and oxygen atoms in total. The molecule has 0 fully saturated rings. The lowest BCUT2D eigenvalue weighted by Gasteiger charge is -2.20. The van der Waals surface area contributed by atoms with Crippen molar-refractivity contribution in [2.45, 2.75) is 13.8 Å². The molecule has 104 valence electrons. The van der Waals surface area contributed by atoms with Gasteiger partial charge in [-0.05, 0) is 30.2 Å². The third kappa shape index (κ3) is 5.73. The fraction of sp³-hybridized carbons (Fsp3) is 0.462.